The van der Waals surface area contributed by atoms with Gasteiger partial charge >= 0.3 is 0 Å². The van der Waals surface area contributed by atoms with Crippen molar-refractivity contribution in [2.75, 3.05) is 5.88 Å². The van der Waals surface area contributed by atoms with E-state index in [9.17, 15) is 0 Å². The van der Waals surface area contributed by atoms with Crippen LogP contribution in [0.4, 0.5) is 0 Å². The smallest absolute Gasteiger partial charge is 0.121 e. The van der Waals surface area contributed by atoms with Crippen molar-refractivity contribution in [3.63, 3.8) is 0 Å². The van der Waals surface area contributed by atoms with E-state index in [1.54, 1.807) is 11.8 Å². The van der Waals surface area contributed by atoms with E-state index >= 15 is 0 Å². The summed E-state index contributed by atoms with van der Waals surface area (Å²) in [5.74, 6) is 0.456. The van der Waals surface area contributed by atoms with Crippen molar-refractivity contribution in [2.45, 2.75) is 15.0 Å². The standard InChI is InChI=1S/C9H9Cl3S/c10-6-8(9(11)12)13-7-4-2-1-3-5-7/h1-5,8-9H,6H2. The molecule has 0 N–H and O–H groups in total. The van der Waals surface area contributed by atoms with Gasteiger partial charge in [-0.05, 0) is 12.1 Å². The maximum atomic E-state index is 5.75. The second-order valence-corrected chi connectivity index (χ2v) is 5.24. The van der Waals surface area contributed by atoms with Gasteiger partial charge in [-0.2, -0.15) is 0 Å². The van der Waals surface area contributed by atoms with Crippen molar-refractivity contribution in [3.8, 4) is 0 Å². The summed E-state index contributed by atoms with van der Waals surface area (Å²) in [7, 11) is 0. The molecule has 72 valence electrons. The first-order chi connectivity index (χ1) is 6.24. The summed E-state index contributed by atoms with van der Waals surface area (Å²) >= 11 is 18.8. The van der Waals surface area contributed by atoms with Crippen LogP contribution in [-0.4, -0.2) is 16.0 Å². The number of hydrogen-bond donors (Lipinski definition) is 0. The second-order valence-electron chi connectivity index (χ2n) is 2.46. The molecule has 1 unspecified atom stereocenters. The average Bonchev–Trinajstić information content (AvgIpc) is 2.15. The van der Waals surface area contributed by atoms with E-state index in [-0.39, 0.29) is 5.25 Å². The molecule has 1 rings (SSSR count). The summed E-state index contributed by atoms with van der Waals surface area (Å²) in [5, 5.41) is 0.0485. The first-order valence-electron chi connectivity index (χ1n) is 3.80. The van der Waals surface area contributed by atoms with Crippen molar-refractivity contribution in [2.24, 2.45) is 0 Å². The first-order valence-corrected chi connectivity index (χ1v) is 6.08. The van der Waals surface area contributed by atoms with E-state index in [2.05, 4.69) is 0 Å². The van der Waals surface area contributed by atoms with Crippen molar-refractivity contribution in [1.29, 1.82) is 0 Å². The van der Waals surface area contributed by atoms with Gasteiger partial charge in [-0.3, -0.25) is 0 Å². The molecule has 0 aromatic heterocycles. The zero-order chi connectivity index (χ0) is 9.68. The van der Waals surface area contributed by atoms with Crippen molar-refractivity contribution in [3.05, 3.63) is 30.3 Å². The first kappa shape index (κ1) is 11.5. The van der Waals surface area contributed by atoms with Crippen molar-refractivity contribution < 1.29 is 0 Å². The van der Waals surface area contributed by atoms with Crippen LogP contribution in [0.25, 0.3) is 0 Å². The van der Waals surface area contributed by atoms with E-state index in [1.165, 1.54) is 0 Å². The zero-order valence-corrected chi connectivity index (χ0v) is 9.87. The average molecular weight is 256 g/mol. The monoisotopic (exact) mass is 254 g/mol. The zero-order valence-electron chi connectivity index (χ0n) is 6.79. The minimum atomic E-state index is -0.428. The van der Waals surface area contributed by atoms with Gasteiger partial charge in [-0.25, -0.2) is 0 Å². The Morgan fingerprint density at radius 3 is 2.23 bits per heavy atom. The highest BCUT2D eigenvalue weighted by atomic mass is 35.5. The molecule has 13 heavy (non-hydrogen) atoms. The molecular formula is C9H9Cl3S. The molecule has 0 nitrogen and oxygen atoms in total. The summed E-state index contributed by atoms with van der Waals surface area (Å²) in [6, 6.07) is 9.95. The maximum Gasteiger partial charge on any atom is 0.121 e. The summed E-state index contributed by atoms with van der Waals surface area (Å²) in [6.07, 6.45) is 0. The molecule has 0 fully saturated rings. The van der Waals surface area contributed by atoms with E-state index in [1.807, 2.05) is 30.3 Å². The third-order valence-electron chi connectivity index (χ3n) is 1.46. The van der Waals surface area contributed by atoms with Gasteiger partial charge in [0.15, 0.2) is 0 Å². The van der Waals surface area contributed by atoms with Gasteiger partial charge in [0.1, 0.15) is 4.84 Å². The summed E-state index contributed by atoms with van der Waals surface area (Å²) in [5.41, 5.74) is 0. The lowest BCUT2D eigenvalue weighted by Crippen LogP contribution is -2.13. The Kier molecular flexibility index (Phi) is 5.34. The van der Waals surface area contributed by atoms with E-state index in [4.69, 9.17) is 34.8 Å². The Hall–Kier alpha value is 0.440. The fourth-order valence-corrected chi connectivity index (χ4v) is 2.69. The molecule has 0 aliphatic carbocycles. The Balaban J connectivity index is 2.57. The topological polar surface area (TPSA) is 0 Å². The lowest BCUT2D eigenvalue weighted by atomic mass is 10.4. The third-order valence-corrected chi connectivity index (χ3v) is 4.17. The SMILES string of the molecule is ClCC(Sc1ccccc1)C(Cl)Cl. The number of thioether (sulfide) groups is 1. The lowest BCUT2D eigenvalue weighted by molar-refractivity contribution is 1.07. The van der Waals surface area contributed by atoms with E-state index in [0.717, 1.165) is 4.90 Å². The van der Waals surface area contributed by atoms with Crippen LogP contribution in [-0.2, 0) is 0 Å². The van der Waals surface area contributed by atoms with Gasteiger partial charge in [0.2, 0.25) is 0 Å². The van der Waals surface area contributed by atoms with Crippen LogP contribution in [0.1, 0.15) is 0 Å². The second kappa shape index (κ2) is 6.02. The highest BCUT2D eigenvalue weighted by molar-refractivity contribution is 8.00. The Morgan fingerprint density at radius 1 is 1.15 bits per heavy atom. The van der Waals surface area contributed by atoms with Crippen LogP contribution in [0.5, 0.6) is 0 Å². The number of hydrogen-bond acceptors (Lipinski definition) is 1. The van der Waals surface area contributed by atoms with Crippen LogP contribution in [0.3, 0.4) is 0 Å². The maximum absolute atomic E-state index is 5.75. The molecule has 1 aromatic rings. The van der Waals surface area contributed by atoms with Gasteiger partial charge < -0.3 is 0 Å². The van der Waals surface area contributed by atoms with Crippen molar-refractivity contribution >= 4 is 46.6 Å². The van der Waals surface area contributed by atoms with Gasteiger partial charge in [0, 0.05) is 10.8 Å². The van der Waals surface area contributed by atoms with Gasteiger partial charge in [0.25, 0.3) is 0 Å². The van der Waals surface area contributed by atoms with E-state index in [0.29, 0.717) is 5.88 Å². The number of rotatable bonds is 4. The highest BCUT2D eigenvalue weighted by Gasteiger charge is 2.16. The van der Waals surface area contributed by atoms with Gasteiger partial charge in [-0.15, -0.1) is 46.6 Å². The van der Waals surface area contributed by atoms with Gasteiger partial charge in [-0.1, -0.05) is 18.2 Å². The molecule has 0 saturated heterocycles. The molecule has 0 radical (unpaired) electrons. The molecule has 4 heteroatoms. The summed E-state index contributed by atoms with van der Waals surface area (Å²) in [4.78, 5) is 0.710. The predicted molar refractivity (Wildman–Crippen MR) is 62.3 cm³/mol. The largest absolute Gasteiger partial charge is 0.125 e. The molecule has 0 amide bonds. The molecule has 0 spiro atoms. The molecule has 0 aliphatic rings. The molecule has 1 atom stereocenters. The van der Waals surface area contributed by atoms with Crippen LogP contribution in [0.15, 0.2) is 35.2 Å². The van der Waals surface area contributed by atoms with E-state index < -0.39 is 4.84 Å². The fourth-order valence-electron chi connectivity index (χ4n) is 0.824. The molecule has 1 aromatic carbocycles. The minimum absolute atomic E-state index is 0.0485. The Labute approximate surface area is 97.6 Å². The summed E-state index contributed by atoms with van der Waals surface area (Å²) in [6.45, 7) is 0. The molecule has 0 saturated carbocycles. The normalized spacial score (nSPS) is 13.2. The summed E-state index contributed by atoms with van der Waals surface area (Å²) < 4.78 is 0. The van der Waals surface area contributed by atoms with Crippen LogP contribution in [0.2, 0.25) is 0 Å². The Morgan fingerprint density at radius 2 is 1.77 bits per heavy atom. The van der Waals surface area contributed by atoms with Crippen LogP contribution in [0, 0.1) is 0 Å². The van der Waals surface area contributed by atoms with Crippen molar-refractivity contribution in [1.82, 2.24) is 0 Å². The predicted octanol–water partition coefficient (Wildman–Crippen LogP) is 4.19. The lowest BCUT2D eigenvalue weighted by Gasteiger charge is -2.13. The number of benzene rings is 1. The quantitative estimate of drug-likeness (QED) is 0.574. The van der Waals surface area contributed by atoms with Crippen LogP contribution >= 0.6 is 46.6 Å². The number of halogens is 3. The highest BCUT2D eigenvalue weighted by Crippen LogP contribution is 2.29. The molecule has 0 aliphatic heterocycles. The molecular weight excluding hydrogens is 247 g/mol. The minimum Gasteiger partial charge on any atom is -0.125 e. The third kappa shape index (κ3) is 3.99. The molecule has 0 bridgehead atoms. The Bertz CT molecular complexity index is 238. The van der Waals surface area contributed by atoms with Gasteiger partial charge in [0.05, 0.1) is 5.25 Å². The fraction of sp³-hybridized carbons (Fsp3) is 0.333. The van der Waals surface area contributed by atoms with Crippen LogP contribution < -0.4 is 0 Å². The molecule has 0 heterocycles. The number of alkyl halides is 3.